The summed E-state index contributed by atoms with van der Waals surface area (Å²) in [4.78, 5) is 14.5. The van der Waals surface area contributed by atoms with Gasteiger partial charge in [0.1, 0.15) is 0 Å². The molecule has 2 atom stereocenters. The summed E-state index contributed by atoms with van der Waals surface area (Å²) in [6, 6.07) is 5.79. The highest BCUT2D eigenvalue weighted by Gasteiger charge is 2.36. The Morgan fingerprint density at radius 2 is 2.24 bits per heavy atom. The van der Waals surface area contributed by atoms with Crippen LogP contribution in [0.3, 0.4) is 0 Å². The summed E-state index contributed by atoms with van der Waals surface area (Å²) in [6.45, 7) is 2.17. The largest absolute Gasteiger partial charge is 0.306 e. The first-order chi connectivity index (χ1) is 8.15. The summed E-state index contributed by atoms with van der Waals surface area (Å²) >= 11 is 5.98. The van der Waals surface area contributed by atoms with E-state index in [0.29, 0.717) is 23.3 Å². The van der Waals surface area contributed by atoms with Crippen molar-refractivity contribution in [3.63, 3.8) is 0 Å². The molecule has 17 heavy (non-hydrogen) atoms. The number of fused-ring (bicyclic) bond motifs is 3. The van der Waals surface area contributed by atoms with Crippen molar-refractivity contribution in [1.82, 2.24) is 4.90 Å². The number of likely N-dealkylation sites (tertiary alicyclic amines) is 1. The molecule has 2 nitrogen and oxygen atoms in total. The van der Waals surface area contributed by atoms with Crippen molar-refractivity contribution in [2.75, 3.05) is 20.1 Å². The van der Waals surface area contributed by atoms with Crippen LogP contribution in [0.25, 0.3) is 0 Å². The van der Waals surface area contributed by atoms with Crippen molar-refractivity contribution in [2.24, 2.45) is 5.92 Å². The second-order valence-corrected chi connectivity index (χ2v) is 5.71. The monoisotopic (exact) mass is 249 g/mol. The summed E-state index contributed by atoms with van der Waals surface area (Å²) < 4.78 is 0. The van der Waals surface area contributed by atoms with E-state index in [-0.39, 0.29) is 5.78 Å². The maximum atomic E-state index is 12.1. The molecule has 1 fully saturated rings. The Labute approximate surface area is 107 Å². The highest BCUT2D eigenvalue weighted by atomic mass is 35.5. The number of carbonyl (C=O) groups excluding carboxylic acids is 1. The molecule has 3 heteroatoms. The molecule has 0 unspecified atom stereocenters. The average molecular weight is 250 g/mol. The maximum absolute atomic E-state index is 12.1. The second kappa shape index (κ2) is 4.11. The van der Waals surface area contributed by atoms with E-state index < -0.39 is 0 Å². The third-order valence-corrected chi connectivity index (χ3v) is 4.36. The Balaban J connectivity index is 2.05. The van der Waals surface area contributed by atoms with Crippen molar-refractivity contribution < 1.29 is 4.79 Å². The van der Waals surface area contributed by atoms with Crippen LogP contribution in [0, 0.1) is 5.92 Å². The number of benzene rings is 1. The van der Waals surface area contributed by atoms with Crippen molar-refractivity contribution in [3.05, 3.63) is 34.3 Å². The molecule has 1 aliphatic heterocycles. The number of halogens is 1. The van der Waals surface area contributed by atoms with E-state index in [1.54, 1.807) is 0 Å². The normalized spacial score (nSPS) is 28.7. The number of piperidine rings is 1. The van der Waals surface area contributed by atoms with E-state index in [1.165, 1.54) is 5.56 Å². The number of carbonyl (C=O) groups is 1. The van der Waals surface area contributed by atoms with Crippen molar-refractivity contribution in [1.29, 1.82) is 0 Å². The minimum atomic E-state index is 0.272. The highest BCUT2D eigenvalue weighted by Crippen LogP contribution is 2.41. The number of nitrogens with zero attached hydrogens (tertiary/aromatic N) is 1. The molecule has 0 N–H and O–H groups in total. The minimum absolute atomic E-state index is 0.272. The topological polar surface area (TPSA) is 20.3 Å². The van der Waals surface area contributed by atoms with Gasteiger partial charge < -0.3 is 4.90 Å². The van der Waals surface area contributed by atoms with Gasteiger partial charge in [-0.2, -0.15) is 0 Å². The van der Waals surface area contributed by atoms with Crippen LogP contribution < -0.4 is 0 Å². The molecule has 1 saturated heterocycles. The molecule has 0 spiro atoms. The van der Waals surface area contributed by atoms with Gasteiger partial charge in [0.25, 0.3) is 0 Å². The van der Waals surface area contributed by atoms with Crippen molar-refractivity contribution in [3.8, 4) is 0 Å². The van der Waals surface area contributed by atoms with E-state index in [4.69, 9.17) is 11.6 Å². The smallest absolute Gasteiger partial charge is 0.163 e. The molecule has 1 aliphatic carbocycles. The van der Waals surface area contributed by atoms with Gasteiger partial charge in [-0.1, -0.05) is 17.7 Å². The van der Waals surface area contributed by atoms with Crippen LogP contribution in [0.2, 0.25) is 5.02 Å². The lowest BCUT2D eigenvalue weighted by molar-refractivity contribution is 0.0887. The lowest BCUT2D eigenvalue weighted by Crippen LogP contribution is -2.40. The fourth-order valence-electron chi connectivity index (χ4n) is 3.20. The molecule has 1 heterocycles. The van der Waals surface area contributed by atoms with Crippen LogP contribution in [0.15, 0.2) is 18.2 Å². The zero-order valence-electron chi connectivity index (χ0n) is 9.95. The van der Waals surface area contributed by atoms with E-state index >= 15 is 0 Å². The molecular formula is C14H16ClNO. The van der Waals surface area contributed by atoms with Crippen LogP contribution >= 0.6 is 11.6 Å². The second-order valence-electron chi connectivity index (χ2n) is 5.28. The van der Waals surface area contributed by atoms with Gasteiger partial charge in [-0.3, -0.25) is 4.79 Å². The first-order valence-electron chi connectivity index (χ1n) is 6.16. The summed E-state index contributed by atoms with van der Waals surface area (Å²) in [5.41, 5.74) is 2.07. The molecule has 0 aromatic heterocycles. The van der Waals surface area contributed by atoms with Crippen LogP contribution in [-0.2, 0) is 0 Å². The standard InChI is InChI=1S/C14H16ClNO/c1-16-5-4-9-6-14(17)12-7-10(15)2-3-11(12)13(9)8-16/h2-3,7,9,13H,4-6,8H2,1H3/t9-,13-/m0/s1. The SMILES string of the molecule is CN1CC[C@H]2CC(=O)c3cc(Cl)ccc3[C@H]2C1. The average Bonchev–Trinajstić information content (AvgIpc) is 2.30. The number of hydrogen-bond donors (Lipinski definition) is 0. The summed E-state index contributed by atoms with van der Waals surface area (Å²) in [5, 5.41) is 0.666. The molecule has 0 radical (unpaired) electrons. The van der Waals surface area contributed by atoms with Gasteiger partial charge in [0.15, 0.2) is 5.78 Å². The quantitative estimate of drug-likeness (QED) is 0.705. The molecular weight excluding hydrogens is 234 g/mol. The van der Waals surface area contributed by atoms with Gasteiger partial charge in [-0.25, -0.2) is 0 Å². The van der Waals surface area contributed by atoms with Gasteiger partial charge in [0.2, 0.25) is 0 Å². The van der Waals surface area contributed by atoms with Gasteiger partial charge in [-0.05, 0) is 43.6 Å². The molecule has 0 amide bonds. The Hall–Kier alpha value is -0.860. The first kappa shape index (κ1) is 11.2. The van der Waals surface area contributed by atoms with Crippen LogP contribution in [-0.4, -0.2) is 30.8 Å². The molecule has 0 saturated carbocycles. The molecule has 2 aliphatic rings. The van der Waals surface area contributed by atoms with Gasteiger partial charge in [0.05, 0.1) is 0 Å². The Bertz CT molecular complexity index is 471. The lowest BCUT2D eigenvalue weighted by atomic mass is 9.71. The van der Waals surface area contributed by atoms with Crippen molar-refractivity contribution >= 4 is 17.4 Å². The van der Waals surface area contributed by atoms with E-state index in [1.807, 2.05) is 18.2 Å². The number of ketones is 1. The number of Topliss-reactive ketones (excluding diaryl/α,β-unsaturated/α-hetero) is 1. The minimum Gasteiger partial charge on any atom is -0.306 e. The van der Waals surface area contributed by atoms with Crippen LogP contribution in [0.1, 0.15) is 34.7 Å². The number of hydrogen-bond acceptors (Lipinski definition) is 2. The van der Waals surface area contributed by atoms with E-state index in [2.05, 4.69) is 11.9 Å². The highest BCUT2D eigenvalue weighted by molar-refractivity contribution is 6.31. The van der Waals surface area contributed by atoms with Crippen molar-refractivity contribution in [2.45, 2.75) is 18.8 Å². The molecule has 3 rings (SSSR count). The molecule has 1 aromatic rings. The molecule has 90 valence electrons. The number of rotatable bonds is 0. The molecule has 0 bridgehead atoms. The third-order valence-electron chi connectivity index (χ3n) is 4.12. The predicted octanol–water partition coefficient (Wildman–Crippen LogP) is 2.96. The number of likely N-dealkylation sites (N-methyl/N-ethyl adjacent to an activating group) is 1. The summed E-state index contributed by atoms with van der Waals surface area (Å²) in [7, 11) is 2.15. The Kier molecular flexibility index (Phi) is 2.72. The fraction of sp³-hybridized carbons (Fsp3) is 0.500. The fourth-order valence-corrected chi connectivity index (χ4v) is 3.37. The Morgan fingerprint density at radius 1 is 1.41 bits per heavy atom. The third kappa shape index (κ3) is 1.90. The van der Waals surface area contributed by atoms with Gasteiger partial charge in [-0.15, -0.1) is 0 Å². The van der Waals surface area contributed by atoms with Gasteiger partial charge >= 0.3 is 0 Å². The van der Waals surface area contributed by atoms with E-state index in [9.17, 15) is 4.79 Å². The van der Waals surface area contributed by atoms with Crippen LogP contribution in [0.5, 0.6) is 0 Å². The summed E-state index contributed by atoms with van der Waals surface area (Å²) in [6.07, 6.45) is 1.83. The lowest BCUT2D eigenvalue weighted by Gasteiger charge is -2.40. The first-order valence-corrected chi connectivity index (χ1v) is 6.54. The zero-order chi connectivity index (χ0) is 12.0. The maximum Gasteiger partial charge on any atom is 0.163 e. The van der Waals surface area contributed by atoms with Gasteiger partial charge in [0, 0.05) is 29.5 Å². The zero-order valence-corrected chi connectivity index (χ0v) is 10.7. The van der Waals surface area contributed by atoms with Crippen LogP contribution in [0.4, 0.5) is 0 Å². The Morgan fingerprint density at radius 3 is 3.06 bits per heavy atom. The summed E-state index contributed by atoms with van der Waals surface area (Å²) in [5.74, 6) is 1.32. The van der Waals surface area contributed by atoms with E-state index in [0.717, 1.165) is 25.1 Å². The molecule has 1 aromatic carbocycles. The predicted molar refractivity (Wildman–Crippen MR) is 68.7 cm³/mol.